The van der Waals surface area contributed by atoms with Gasteiger partial charge in [0.1, 0.15) is 23.5 Å². The number of aromatic nitrogens is 1. The third-order valence-electron chi connectivity index (χ3n) is 4.58. The Morgan fingerprint density at radius 3 is 2.30 bits per heavy atom. The van der Waals surface area contributed by atoms with Gasteiger partial charge in [-0.2, -0.15) is 0 Å². The number of hydrogen-bond acceptors (Lipinski definition) is 5. The van der Waals surface area contributed by atoms with Crippen LogP contribution in [0.3, 0.4) is 0 Å². The van der Waals surface area contributed by atoms with E-state index in [1.807, 2.05) is 0 Å². The third kappa shape index (κ3) is 6.52. The Morgan fingerprint density at radius 2 is 1.67 bits per heavy atom. The zero-order valence-corrected chi connectivity index (χ0v) is 17.5. The van der Waals surface area contributed by atoms with Gasteiger partial charge in [-0.05, 0) is 48.4 Å². The Labute approximate surface area is 187 Å². The van der Waals surface area contributed by atoms with Crippen molar-refractivity contribution in [2.45, 2.75) is 32.2 Å². The molecule has 2 aromatic carbocycles. The van der Waals surface area contributed by atoms with E-state index in [1.54, 1.807) is 6.92 Å². The van der Waals surface area contributed by atoms with E-state index in [0.717, 1.165) is 30.5 Å². The average molecular weight is 459 g/mol. The van der Waals surface area contributed by atoms with Crippen molar-refractivity contribution in [2.24, 2.45) is 0 Å². The lowest BCUT2D eigenvalue weighted by atomic mass is 10.1. The highest BCUT2D eigenvalue weighted by molar-refractivity contribution is 6.07. The van der Waals surface area contributed by atoms with Gasteiger partial charge in [0.15, 0.2) is 5.76 Å². The minimum Gasteiger partial charge on any atom is -0.420 e. The van der Waals surface area contributed by atoms with Gasteiger partial charge in [0.25, 0.3) is 5.91 Å². The molecule has 10 heteroatoms. The zero-order chi connectivity index (χ0) is 24.0. The van der Waals surface area contributed by atoms with Crippen LogP contribution in [-0.4, -0.2) is 28.6 Å². The van der Waals surface area contributed by atoms with Gasteiger partial charge in [-0.1, -0.05) is 13.3 Å². The summed E-state index contributed by atoms with van der Waals surface area (Å²) in [5, 5.41) is 4.90. The van der Waals surface area contributed by atoms with E-state index in [4.69, 9.17) is 4.42 Å². The first-order chi connectivity index (χ1) is 15.7. The van der Waals surface area contributed by atoms with Crippen LogP contribution < -0.4 is 10.6 Å². The molecule has 0 bridgehead atoms. The van der Waals surface area contributed by atoms with Crippen molar-refractivity contribution < 1.29 is 32.0 Å². The lowest BCUT2D eigenvalue weighted by Crippen LogP contribution is -2.44. The molecule has 0 aliphatic rings. The van der Waals surface area contributed by atoms with Crippen molar-refractivity contribution >= 4 is 23.6 Å². The summed E-state index contributed by atoms with van der Waals surface area (Å²) in [5.74, 6) is -4.08. The molecular formula is C23H20F3N3O4. The van der Waals surface area contributed by atoms with Crippen molar-refractivity contribution in [1.29, 1.82) is 0 Å². The zero-order valence-electron chi connectivity index (χ0n) is 17.5. The minimum atomic E-state index is -0.968. The predicted molar refractivity (Wildman–Crippen MR) is 112 cm³/mol. The van der Waals surface area contributed by atoms with Gasteiger partial charge < -0.3 is 9.73 Å². The fourth-order valence-corrected chi connectivity index (χ4v) is 3.07. The molecule has 2 amide bonds. The second-order valence-corrected chi connectivity index (χ2v) is 7.22. The number of oxazole rings is 1. The van der Waals surface area contributed by atoms with Crippen LogP contribution in [-0.2, 0) is 16.0 Å². The van der Waals surface area contributed by atoms with Crippen LogP contribution in [0.1, 0.15) is 41.4 Å². The van der Waals surface area contributed by atoms with E-state index >= 15 is 0 Å². The number of anilines is 1. The summed E-state index contributed by atoms with van der Waals surface area (Å²) < 4.78 is 44.9. The number of amides is 2. The van der Waals surface area contributed by atoms with Crippen molar-refractivity contribution in [3.63, 3.8) is 0 Å². The smallest absolute Gasteiger partial charge is 0.302 e. The van der Waals surface area contributed by atoms with E-state index in [2.05, 4.69) is 15.6 Å². The van der Waals surface area contributed by atoms with E-state index in [0.29, 0.717) is 12.5 Å². The number of ketones is 1. The maximum atomic E-state index is 13.3. The molecule has 7 nitrogen and oxygen atoms in total. The molecule has 1 unspecified atom stereocenters. The largest absolute Gasteiger partial charge is 0.420 e. The fourth-order valence-electron chi connectivity index (χ4n) is 3.07. The van der Waals surface area contributed by atoms with Crippen LogP contribution in [0.25, 0.3) is 0 Å². The number of hydrogen-bond donors (Lipinski definition) is 2. The Morgan fingerprint density at radius 1 is 1.00 bits per heavy atom. The Balaban J connectivity index is 1.63. The van der Waals surface area contributed by atoms with Crippen LogP contribution in [0.2, 0.25) is 0 Å². The summed E-state index contributed by atoms with van der Waals surface area (Å²) in [4.78, 5) is 41.1. The summed E-state index contributed by atoms with van der Waals surface area (Å²) in [6.07, 6.45) is 1.62. The van der Waals surface area contributed by atoms with Crippen LogP contribution in [0.15, 0.2) is 53.1 Å². The summed E-state index contributed by atoms with van der Waals surface area (Å²) in [6, 6.07) is 6.36. The number of nitrogens with zero attached hydrogens (tertiary/aromatic N) is 1. The molecule has 1 heterocycles. The first-order valence-electron chi connectivity index (χ1n) is 10.1. The van der Waals surface area contributed by atoms with Crippen molar-refractivity contribution in [1.82, 2.24) is 10.3 Å². The summed E-state index contributed by atoms with van der Waals surface area (Å²) in [5.41, 5.74) is 0.299. The maximum absolute atomic E-state index is 13.3. The van der Waals surface area contributed by atoms with Gasteiger partial charge in [0.2, 0.25) is 11.7 Å². The Hall–Kier alpha value is -3.95. The van der Waals surface area contributed by atoms with Gasteiger partial charge in [0.05, 0.1) is 12.6 Å². The van der Waals surface area contributed by atoms with Crippen molar-refractivity contribution in [3.8, 4) is 0 Å². The minimum absolute atomic E-state index is 0.123. The second kappa shape index (κ2) is 10.6. The molecule has 0 radical (unpaired) electrons. The first kappa shape index (κ1) is 23.7. The van der Waals surface area contributed by atoms with Crippen molar-refractivity contribution in [3.05, 3.63) is 83.0 Å². The normalized spacial score (nSPS) is 11.6. The SMILES string of the molecule is CCCC(NC(=O)Cc1cc(F)cc(F)c1)C(=O)Nc1ncc(C(=O)c2ccc(F)cc2)o1. The van der Waals surface area contributed by atoms with Gasteiger partial charge >= 0.3 is 6.01 Å². The van der Waals surface area contributed by atoms with Gasteiger partial charge in [-0.25, -0.2) is 18.2 Å². The van der Waals surface area contributed by atoms with Gasteiger partial charge in [-0.15, -0.1) is 0 Å². The van der Waals surface area contributed by atoms with E-state index in [-0.39, 0.29) is 35.7 Å². The summed E-state index contributed by atoms with van der Waals surface area (Å²) in [7, 11) is 0. The quantitative estimate of drug-likeness (QED) is 0.474. The monoisotopic (exact) mass is 459 g/mol. The first-order valence-corrected chi connectivity index (χ1v) is 10.1. The highest BCUT2D eigenvalue weighted by Gasteiger charge is 2.23. The fraction of sp³-hybridized carbons (Fsp3) is 0.217. The predicted octanol–water partition coefficient (Wildman–Crippen LogP) is 3.79. The maximum Gasteiger partial charge on any atom is 0.302 e. The average Bonchev–Trinajstić information content (AvgIpc) is 3.21. The molecule has 0 fully saturated rings. The number of benzene rings is 2. The highest BCUT2D eigenvalue weighted by atomic mass is 19.1. The molecule has 3 rings (SSSR count). The van der Waals surface area contributed by atoms with E-state index < -0.39 is 41.1 Å². The Bertz CT molecular complexity index is 1140. The van der Waals surface area contributed by atoms with Gasteiger partial charge in [0, 0.05) is 11.6 Å². The van der Waals surface area contributed by atoms with Crippen LogP contribution >= 0.6 is 0 Å². The number of nitrogens with one attached hydrogen (secondary N) is 2. The molecular weight excluding hydrogens is 439 g/mol. The molecule has 1 atom stereocenters. The Kier molecular flexibility index (Phi) is 7.60. The number of carbonyl (C=O) groups is 3. The molecule has 0 aliphatic heterocycles. The van der Waals surface area contributed by atoms with Gasteiger partial charge in [-0.3, -0.25) is 19.7 Å². The van der Waals surface area contributed by atoms with E-state index in [9.17, 15) is 27.6 Å². The standard InChI is InChI=1S/C23H20F3N3O4/c1-2-3-18(28-20(30)10-13-8-16(25)11-17(26)9-13)22(32)29-23-27-12-19(33-23)21(31)14-4-6-15(24)7-5-14/h4-9,11-12,18H,2-3,10H2,1H3,(H,28,30)(H,27,29,32). The molecule has 33 heavy (non-hydrogen) atoms. The lowest BCUT2D eigenvalue weighted by molar-refractivity contribution is -0.126. The number of rotatable bonds is 9. The lowest BCUT2D eigenvalue weighted by Gasteiger charge is -2.16. The summed E-state index contributed by atoms with van der Waals surface area (Å²) in [6.45, 7) is 1.80. The van der Waals surface area contributed by atoms with Crippen molar-refractivity contribution in [2.75, 3.05) is 5.32 Å². The van der Waals surface area contributed by atoms with Crippen LogP contribution in [0.4, 0.5) is 19.2 Å². The molecule has 0 saturated carbocycles. The summed E-state index contributed by atoms with van der Waals surface area (Å²) >= 11 is 0. The van der Waals surface area contributed by atoms with Crippen LogP contribution in [0, 0.1) is 17.5 Å². The van der Waals surface area contributed by atoms with E-state index in [1.165, 1.54) is 12.1 Å². The second-order valence-electron chi connectivity index (χ2n) is 7.22. The molecule has 3 aromatic rings. The molecule has 0 saturated heterocycles. The molecule has 0 spiro atoms. The molecule has 172 valence electrons. The van der Waals surface area contributed by atoms with Crippen LogP contribution in [0.5, 0.6) is 0 Å². The number of halogens is 3. The highest BCUT2D eigenvalue weighted by Crippen LogP contribution is 2.15. The molecule has 2 N–H and O–H groups in total. The molecule has 0 aliphatic carbocycles. The topological polar surface area (TPSA) is 101 Å². The third-order valence-corrected chi connectivity index (χ3v) is 4.58. The number of carbonyl (C=O) groups excluding carboxylic acids is 3. The molecule has 1 aromatic heterocycles.